The van der Waals surface area contributed by atoms with Crippen LogP contribution in [0.5, 0.6) is 11.5 Å². The average Bonchev–Trinajstić information content (AvgIpc) is 3.27. The van der Waals surface area contributed by atoms with Gasteiger partial charge in [-0.1, -0.05) is 73.9 Å². The summed E-state index contributed by atoms with van der Waals surface area (Å²) in [4.78, 5) is 96.8. The zero-order valence-corrected chi connectivity index (χ0v) is 37.3. The molecule has 21 heteroatoms. The summed E-state index contributed by atoms with van der Waals surface area (Å²) in [5.74, 6) is -6.37. The normalized spacial score (nSPS) is 14.0. The minimum atomic E-state index is -1.46. The zero-order valence-electron chi connectivity index (χ0n) is 36.4. The number of nitrogens with two attached hydrogens (primary N) is 1. The van der Waals surface area contributed by atoms with Gasteiger partial charge < -0.3 is 53.0 Å². The molecule has 0 saturated heterocycles. The van der Waals surface area contributed by atoms with Crippen LogP contribution in [0.25, 0.3) is 10.4 Å². The third-order valence-electron chi connectivity index (χ3n) is 10.4. The van der Waals surface area contributed by atoms with Gasteiger partial charge in [0, 0.05) is 42.5 Å². The molecule has 11 N–H and O–H groups in total. The van der Waals surface area contributed by atoms with Crippen LogP contribution in [-0.4, -0.2) is 105 Å². The van der Waals surface area contributed by atoms with E-state index in [-0.39, 0.29) is 55.2 Å². The maximum Gasteiger partial charge on any atom is 0.326 e. The number of phenolic OH excluding ortho intramolecular Hbond substituents is 2. The smallest absolute Gasteiger partial charge is 0.326 e. The highest BCUT2D eigenvalue weighted by molar-refractivity contribution is 7.80. The van der Waals surface area contributed by atoms with Crippen LogP contribution in [0.15, 0.2) is 77.9 Å². The molecule has 0 aliphatic rings. The van der Waals surface area contributed by atoms with E-state index in [1.54, 1.807) is 38.1 Å². The average molecular weight is 919 g/mol. The fourth-order valence-corrected chi connectivity index (χ4v) is 6.83. The first kappa shape index (κ1) is 52.5. The second-order valence-electron chi connectivity index (χ2n) is 15.5. The highest BCUT2D eigenvalue weighted by Crippen LogP contribution is 2.17. The van der Waals surface area contributed by atoms with Crippen molar-refractivity contribution in [2.75, 3.05) is 12.3 Å². The Morgan fingerprint density at radius 3 is 1.52 bits per heavy atom. The molecule has 3 aromatic carbocycles. The third kappa shape index (κ3) is 17.7. The van der Waals surface area contributed by atoms with Crippen molar-refractivity contribution in [3.63, 3.8) is 0 Å². The summed E-state index contributed by atoms with van der Waals surface area (Å²) in [5.41, 5.74) is 16.4. The number of nitrogens with one attached hydrogen (secondary N) is 6. The SMILES string of the molecule is CCC(C)[C@H](NC(=O)[C@H](CS)NC(C)=O)C(=O)N[C@@H](Cc1ccc(O)cc1)C(=O)N[C@@H](CCCCN)C(=O)N[C@@H](Cc1ccc(N=[N+]=[N-])cc1)C(=O)N[C@@H](Cc1ccc(O)cc1)C(=O)O. The Morgan fingerprint density at radius 2 is 1.08 bits per heavy atom. The van der Waals surface area contributed by atoms with Crippen LogP contribution in [0.1, 0.15) is 63.1 Å². The number of aromatic hydroxyl groups is 2. The maximum atomic E-state index is 14.3. The summed E-state index contributed by atoms with van der Waals surface area (Å²) in [6.07, 6.45) is 0.798. The Hall–Kier alpha value is -6.83. The molecule has 3 rings (SSSR count). The number of nitrogens with zero attached hydrogens (tertiary/aromatic N) is 3. The Balaban J connectivity index is 1.98. The first-order chi connectivity index (χ1) is 31.0. The number of aliphatic carboxylic acids is 1. The van der Waals surface area contributed by atoms with Crippen molar-refractivity contribution in [3.8, 4) is 11.5 Å². The predicted octanol–water partition coefficient (Wildman–Crippen LogP) is 2.19. The van der Waals surface area contributed by atoms with Crippen molar-refractivity contribution in [2.24, 2.45) is 16.8 Å². The van der Waals surface area contributed by atoms with Gasteiger partial charge >= 0.3 is 5.97 Å². The molecule has 1 unspecified atom stereocenters. The van der Waals surface area contributed by atoms with Gasteiger partial charge in [-0.05, 0) is 78.2 Å². The van der Waals surface area contributed by atoms with Crippen LogP contribution in [0.3, 0.4) is 0 Å². The largest absolute Gasteiger partial charge is 0.508 e. The molecule has 0 fully saturated rings. The molecule has 350 valence electrons. The number of rotatable bonds is 26. The molecule has 0 aliphatic carbocycles. The number of azide groups is 1. The Kier molecular flexibility index (Phi) is 21.6. The summed E-state index contributed by atoms with van der Waals surface area (Å²) >= 11 is 4.16. The van der Waals surface area contributed by atoms with Crippen LogP contribution in [-0.2, 0) is 52.8 Å². The molecular weight excluding hydrogens is 861 g/mol. The molecular formula is C44H58N10O10S. The summed E-state index contributed by atoms with van der Waals surface area (Å²) in [6, 6.07) is 9.96. The van der Waals surface area contributed by atoms with Crippen LogP contribution in [0.4, 0.5) is 5.69 Å². The number of phenols is 2. The van der Waals surface area contributed by atoms with Crippen LogP contribution < -0.4 is 37.6 Å². The maximum absolute atomic E-state index is 14.3. The van der Waals surface area contributed by atoms with E-state index in [2.05, 4.69) is 54.6 Å². The summed E-state index contributed by atoms with van der Waals surface area (Å²) in [5, 5.41) is 49.0. The number of carbonyl (C=O) groups excluding carboxylic acids is 6. The van der Waals surface area contributed by atoms with Crippen LogP contribution in [0, 0.1) is 5.92 Å². The lowest BCUT2D eigenvalue weighted by molar-refractivity contribution is -0.142. The van der Waals surface area contributed by atoms with E-state index in [0.717, 1.165) is 0 Å². The number of carboxylic acids is 1. The van der Waals surface area contributed by atoms with E-state index < -0.39 is 83.6 Å². The number of hydrogen-bond acceptors (Lipinski definition) is 12. The van der Waals surface area contributed by atoms with E-state index in [1.165, 1.54) is 55.5 Å². The van der Waals surface area contributed by atoms with Crippen LogP contribution >= 0.6 is 12.6 Å². The van der Waals surface area contributed by atoms with E-state index in [4.69, 9.17) is 11.3 Å². The predicted molar refractivity (Wildman–Crippen MR) is 244 cm³/mol. The first-order valence-corrected chi connectivity index (χ1v) is 21.6. The van der Waals surface area contributed by atoms with Gasteiger partial charge in [-0.25, -0.2) is 4.79 Å². The molecule has 0 bridgehead atoms. The Morgan fingerprint density at radius 1 is 0.646 bits per heavy atom. The van der Waals surface area contributed by atoms with Gasteiger partial charge in [0.2, 0.25) is 35.4 Å². The van der Waals surface area contributed by atoms with Crippen molar-refractivity contribution < 1.29 is 48.9 Å². The monoisotopic (exact) mass is 918 g/mol. The molecule has 0 spiro atoms. The van der Waals surface area contributed by atoms with Crippen molar-refractivity contribution in [1.82, 2.24) is 31.9 Å². The van der Waals surface area contributed by atoms with Gasteiger partial charge in [0.25, 0.3) is 0 Å². The molecule has 65 heavy (non-hydrogen) atoms. The van der Waals surface area contributed by atoms with Crippen LogP contribution in [0.2, 0.25) is 0 Å². The van der Waals surface area contributed by atoms with Crippen molar-refractivity contribution in [2.45, 2.75) is 102 Å². The summed E-state index contributed by atoms with van der Waals surface area (Å²) in [6.45, 7) is 5.01. The minimum Gasteiger partial charge on any atom is -0.508 e. The van der Waals surface area contributed by atoms with Gasteiger partial charge in [0.1, 0.15) is 47.8 Å². The van der Waals surface area contributed by atoms with E-state index >= 15 is 0 Å². The molecule has 0 saturated carbocycles. The third-order valence-corrected chi connectivity index (χ3v) is 10.8. The standard InChI is InChI=1S/C44H58N10O10S/c1-4-25(2)38(52-42(61)37(24-65)47-26(3)55)43(62)50-35(22-28-10-16-31(56)17-11-28)40(59)48-33(7-5-6-20-45)39(58)49-34(21-27-8-14-30(15-9-27)53-54-46)41(60)51-36(44(63)64)23-29-12-18-32(57)19-13-29/h8-19,25,33-38,56-57,65H,4-7,20-24,45H2,1-3H3,(H,47,55)(H,48,59)(H,49,58)(H,50,62)(H,51,60)(H,52,61)(H,63,64)/t25?,33-,34-,35-,36-,37-,38-/m0/s1. The number of hydrogen-bond donors (Lipinski definition) is 11. The van der Waals surface area contributed by atoms with Crippen molar-refractivity contribution in [1.29, 1.82) is 0 Å². The first-order valence-electron chi connectivity index (χ1n) is 21.0. The number of thiol groups is 1. The van der Waals surface area contributed by atoms with Crippen molar-refractivity contribution in [3.05, 3.63) is 99.9 Å². The molecule has 7 atom stereocenters. The summed E-state index contributed by atoms with van der Waals surface area (Å²) in [7, 11) is 0. The van der Waals surface area contributed by atoms with E-state index in [9.17, 15) is 48.9 Å². The summed E-state index contributed by atoms with van der Waals surface area (Å²) < 4.78 is 0. The van der Waals surface area contributed by atoms with Gasteiger partial charge in [-0.15, -0.1) is 0 Å². The fraction of sp³-hybridized carbons (Fsp3) is 0.432. The molecule has 0 aromatic heterocycles. The minimum absolute atomic E-state index is 0.0300. The highest BCUT2D eigenvalue weighted by atomic mass is 32.1. The van der Waals surface area contributed by atoms with Gasteiger partial charge in [0.15, 0.2) is 0 Å². The lowest BCUT2D eigenvalue weighted by atomic mass is 9.96. The second-order valence-corrected chi connectivity index (χ2v) is 15.8. The number of benzene rings is 3. The van der Waals surface area contributed by atoms with Gasteiger partial charge in [-0.2, -0.15) is 12.6 Å². The molecule has 0 aliphatic heterocycles. The number of carbonyl (C=O) groups is 7. The van der Waals surface area contributed by atoms with E-state index in [1.807, 2.05) is 0 Å². The molecule has 0 heterocycles. The fourth-order valence-electron chi connectivity index (χ4n) is 6.58. The van der Waals surface area contributed by atoms with E-state index in [0.29, 0.717) is 36.0 Å². The topological polar surface area (TPSA) is 327 Å². The number of carboxylic acid groups (broad SMARTS) is 1. The highest BCUT2D eigenvalue weighted by Gasteiger charge is 2.35. The van der Waals surface area contributed by atoms with Gasteiger partial charge in [-0.3, -0.25) is 28.8 Å². The Bertz CT molecular complexity index is 2140. The Labute approximate surface area is 381 Å². The second kappa shape index (κ2) is 26.7. The number of amides is 6. The zero-order chi connectivity index (χ0) is 48.1. The molecule has 6 amide bonds. The van der Waals surface area contributed by atoms with Crippen molar-refractivity contribution >= 4 is 59.7 Å². The quantitative estimate of drug-likeness (QED) is 0.0182. The lowest BCUT2D eigenvalue weighted by Crippen LogP contribution is -2.61. The van der Waals surface area contributed by atoms with Gasteiger partial charge in [0.05, 0.1) is 0 Å². The lowest BCUT2D eigenvalue weighted by Gasteiger charge is -2.29. The molecule has 3 aromatic rings. The molecule has 20 nitrogen and oxygen atoms in total. The molecule has 0 radical (unpaired) electrons. The number of unbranched alkanes of at least 4 members (excludes halogenated alkanes) is 1.